The molecule has 0 saturated carbocycles. The normalized spacial score (nSPS) is 15.2. The van der Waals surface area contributed by atoms with Crippen LogP contribution < -0.4 is 14.4 Å². The summed E-state index contributed by atoms with van der Waals surface area (Å²) in [5.74, 6) is 1.76. The van der Waals surface area contributed by atoms with Gasteiger partial charge >= 0.3 is 0 Å². The minimum atomic E-state index is 0.194. The monoisotopic (exact) mass is 382 g/mol. The maximum Gasteiger partial charge on any atom is 0.226 e. The Bertz CT molecular complexity index is 771. The summed E-state index contributed by atoms with van der Waals surface area (Å²) in [4.78, 5) is 17.0. The zero-order valence-corrected chi connectivity index (χ0v) is 17.1. The van der Waals surface area contributed by atoms with Crippen molar-refractivity contribution in [1.29, 1.82) is 0 Å². The van der Waals surface area contributed by atoms with Gasteiger partial charge in [0.05, 0.1) is 14.2 Å². The molecule has 1 fully saturated rings. The number of piperidine rings is 1. The molecule has 1 aliphatic heterocycles. The van der Waals surface area contributed by atoms with Crippen molar-refractivity contribution < 1.29 is 14.3 Å². The van der Waals surface area contributed by atoms with Crippen molar-refractivity contribution in [2.75, 3.05) is 32.2 Å². The van der Waals surface area contributed by atoms with Crippen LogP contribution in [0.5, 0.6) is 11.5 Å². The molecule has 0 aromatic heterocycles. The number of hydrogen-bond donors (Lipinski definition) is 0. The van der Waals surface area contributed by atoms with Gasteiger partial charge in [0.15, 0.2) is 11.5 Å². The third-order valence-corrected chi connectivity index (χ3v) is 5.41. The highest BCUT2D eigenvalue weighted by Gasteiger charge is 2.28. The Labute approximate surface area is 167 Å². The van der Waals surface area contributed by atoms with E-state index in [1.165, 1.54) is 0 Å². The summed E-state index contributed by atoms with van der Waals surface area (Å²) in [6, 6.07) is 16.3. The van der Waals surface area contributed by atoms with Crippen molar-refractivity contribution in [2.45, 2.75) is 38.8 Å². The lowest BCUT2D eigenvalue weighted by molar-refractivity contribution is -0.119. The van der Waals surface area contributed by atoms with E-state index in [2.05, 4.69) is 11.0 Å². The van der Waals surface area contributed by atoms with E-state index in [4.69, 9.17) is 9.47 Å². The van der Waals surface area contributed by atoms with Crippen LogP contribution in [0.4, 0.5) is 5.69 Å². The first-order valence-corrected chi connectivity index (χ1v) is 9.97. The van der Waals surface area contributed by atoms with Gasteiger partial charge < -0.3 is 14.4 Å². The van der Waals surface area contributed by atoms with E-state index in [1.807, 2.05) is 54.3 Å². The maximum atomic E-state index is 12.6. The molecule has 1 aliphatic rings. The van der Waals surface area contributed by atoms with Gasteiger partial charge in [0, 0.05) is 43.3 Å². The molecule has 0 radical (unpaired) electrons. The quantitative estimate of drug-likeness (QED) is 0.723. The van der Waals surface area contributed by atoms with Gasteiger partial charge in [0.25, 0.3) is 0 Å². The van der Waals surface area contributed by atoms with Crippen molar-refractivity contribution >= 4 is 11.6 Å². The molecule has 0 atom stereocenters. The SMILES string of the molecule is CCC(=O)N(c1ccccc1)C1CCN(Cc2cccc(OC)c2OC)CC1. The topological polar surface area (TPSA) is 42.0 Å². The van der Waals surface area contributed by atoms with Crippen molar-refractivity contribution in [3.8, 4) is 11.5 Å². The van der Waals surface area contributed by atoms with Crippen molar-refractivity contribution in [3.63, 3.8) is 0 Å². The van der Waals surface area contributed by atoms with Crippen LogP contribution in [-0.4, -0.2) is 44.2 Å². The number of benzene rings is 2. The molecule has 5 nitrogen and oxygen atoms in total. The Morgan fingerprint density at radius 3 is 2.36 bits per heavy atom. The second kappa shape index (κ2) is 9.60. The number of rotatable bonds is 7. The Balaban J connectivity index is 1.68. The van der Waals surface area contributed by atoms with Crippen LogP contribution in [0.25, 0.3) is 0 Å². The van der Waals surface area contributed by atoms with E-state index in [0.29, 0.717) is 6.42 Å². The molecule has 1 saturated heterocycles. The van der Waals surface area contributed by atoms with Gasteiger partial charge in [0.2, 0.25) is 5.91 Å². The fraction of sp³-hybridized carbons (Fsp3) is 0.435. The molecule has 1 amide bonds. The van der Waals surface area contributed by atoms with E-state index in [9.17, 15) is 4.79 Å². The fourth-order valence-electron chi connectivity index (χ4n) is 3.97. The zero-order chi connectivity index (χ0) is 19.9. The minimum absolute atomic E-state index is 0.194. The van der Waals surface area contributed by atoms with Crippen LogP contribution in [0.3, 0.4) is 0 Å². The Kier molecular flexibility index (Phi) is 6.93. The number of ether oxygens (including phenoxy) is 2. The number of likely N-dealkylation sites (tertiary alicyclic amines) is 1. The minimum Gasteiger partial charge on any atom is -0.493 e. The molecule has 2 aromatic rings. The fourth-order valence-corrected chi connectivity index (χ4v) is 3.97. The van der Waals surface area contributed by atoms with Crippen molar-refractivity contribution in [3.05, 3.63) is 54.1 Å². The van der Waals surface area contributed by atoms with Crippen LogP contribution >= 0.6 is 0 Å². The molecule has 0 unspecified atom stereocenters. The van der Waals surface area contributed by atoms with Crippen LogP contribution in [-0.2, 0) is 11.3 Å². The number of methoxy groups -OCH3 is 2. The van der Waals surface area contributed by atoms with E-state index in [-0.39, 0.29) is 11.9 Å². The lowest BCUT2D eigenvalue weighted by Crippen LogP contribution is -2.47. The van der Waals surface area contributed by atoms with Gasteiger partial charge in [-0.3, -0.25) is 9.69 Å². The predicted molar refractivity (Wildman–Crippen MR) is 112 cm³/mol. The zero-order valence-electron chi connectivity index (χ0n) is 17.1. The number of amides is 1. The number of anilines is 1. The molecule has 0 bridgehead atoms. The summed E-state index contributed by atoms with van der Waals surface area (Å²) in [5.41, 5.74) is 2.13. The van der Waals surface area contributed by atoms with Crippen LogP contribution in [0.2, 0.25) is 0 Å². The van der Waals surface area contributed by atoms with Gasteiger partial charge in [-0.1, -0.05) is 37.3 Å². The molecular weight excluding hydrogens is 352 g/mol. The summed E-state index contributed by atoms with van der Waals surface area (Å²) in [7, 11) is 3.34. The second-order valence-electron chi connectivity index (χ2n) is 7.11. The first kappa shape index (κ1) is 20.2. The van der Waals surface area contributed by atoms with E-state index in [0.717, 1.165) is 55.2 Å². The van der Waals surface area contributed by atoms with Gasteiger partial charge in [-0.25, -0.2) is 0 Å². The predicted octanol–water partition coefficient (Wildman–Crippen LogP) is 4.11. The van der Waals surface area contributed by atoms with Crippen LogP contribution in [0, 0.1) is 0 Å². The standard InChI is InChI=1S/C23H30N2O3/c1-4-22(26)25(19-10-6-5-7-11-19)20-13-15-24(16-14-20)17-18-9-8-12-21(27-2)23(18)28-3/h5-12,20H,4,13-17H2,1-3H3. The molecule has 0 N–H and O–H groups in total. The Hall–Kier alpha value is -2.53. The molecule has 150 valence electrons. The summed E-state index contributed by atoms with van der Waals surface area (Å²) in [6.07, 6.45) is 2.45. The van der Waals surface area contributed by atoms with Crippen molar-refractivity contribution in [2.24, 2.45) is 0 Å². The summed E-state index contributed by atoms with van der Waals surface area (Å²) >= 11 is 0. The number of carbonyl (C=O) groups is 1. The lowest BCUT2D eigenvalue weighted by atomic mass is 10.0. The molecule has 5 heteroatoms. The Morgan fingerprint density at radius 1 is 1.04 bits per heavy atom. The number of hydrogen-bond acceptors (Lipinski definition) is 4. The van der Waals surface area contributed by atoms with Crippen LogP contribution in [0.15, 0.2) is 48.5 Å². The highest BCUT2D eigenvalue weighted by atomic mass is 16.5. The average molecular weight is 383 g/mol. The molecule has 28 heavy (non-hydrogen) atoms. The smallest absolute Gasteiger partial charge is 0.226 e. The van der Waals surface area contributed by atoms with Gasteiger partial charge in [-0.2, -0.15) is 0 Å². The van der Waals surface area contributed by atoms with Gasteiger partial charge in [0.1, 0.15) is 0 Å². The third kappa shape index (κ3) is 4.47. The molecule has 3 rings (SSSR count). The highest BCUT2D eigenvalue weighted by Crippen LogP contribution is 2.32. The molecular formula is C23H30N2O3. The van der Waals surface area contributed by atoms with Gasteiger partial charge in [-0.15, -0.1) is 0 Å². The highest BCUT2D eigenvalue weighted by molar-refractivity contribution is 5.93. The third-order valence-electron chi connectivity index (χ3n) is 5.41. The average Bonchev–Trinajstić information content (AvgIpc) is 2.75. The summed E-state index contributed by atoms with van der Waals surface area (Å²) < 4.78 is 11.0. The van der Waals surface area contributed by atoms with Crippen molar-refractivity contribution in [1.82, 2.24) is 4.90 Å². The first-order chi connectivity index (χ1) is 13.7. The molecule has 0 spiro atoms. The first-order valence-electron chi connectivity index (χ1n) is 9.97. The Morgan fingerprint density at radius 2 is 1.75 bits per heavy atom. The largest absolute Gasteiger partial charge is 0.493 e. The lowest BCUT2D eigenvalue weighted by Gasteiger charge is -2.38. The second-order valence-corrected chi connectivity index (χ2v) is 7.11. The number of nitrogens with zero attached hydrogens (tertiary/aromatic N) is 2. The number of para-hydroxylation sites is 2. The summed E-state index contributed by atoms with van der Waals surface area (Å²) in [6.45, 7) is 4.65. The molecule has 2 aromatic carbocycles. The number of carbonyl (C=O) groups excluding carboxylic acids is 1. The van der Waals surface area contributed by atoms with Gasteiger partial charge in [-0.05, 0) is 31.0 Å². The summed E-state index contributed by atoms with van der Waals surface area (Å²) in [5, 5.41) is 0. The van der Waals surface area contributed by atoms with E-state index >= 15 is 0 Å². The van der Waals surface area contributed by atoms with Crippen LogP contribution in [0.1, 0.15) is 31.7 Å². The van der Waals surface area contributed by atoms with E-state index < -0.39 is 0 Å². The van der Waals surface area contributed by atoms with E-state index in [1.54, 1.807) is 14.2 Å². The molecule has 1 heterocycles. The maximum absolute atomic E-state index is 12.6. The molecule has 0 aliphatic carbocycles.